The minimum Gasteiger partial charge on any atom is -0.399 e. The van der Waals surface area contributed by atoms with Crippen molar-refractivity contribution in [2.75, 3.05) is 13.7 Å². The summed E-state index contributed by atoms with van der Waals surface area (Å²) in [6.07, 6.45) is 3.11. The number of alkyl halides is 3. The Hall–Kier alpha value is -3.20. The number of ether oxygens (including phenoxy) is 1. The molecule has 3 aromatic rings. The zero-order chi connectivity index (χ0) is 27.0. The van der Waals surface area contributed by atoms with Crippen LogP contribution < -0.4 is 0 Å². The Labute approximate surface area is 221 Å². The van der Waals surface area contributed by atoms with E-state index >= 15 is 0 Å². The van der Waals surface area contributed by atoms with Crippen molar-refractivity contribution in [1.29, 1.82) is 0 Å². The van der Waals surface area contributed by atoms with E-state index in [0.717, 1.165) is 54.7 Å². The summed E-state index contributed by atoms with van der Waals surface area (Å²) in [7, 11) is 1.57. The summed E-state index contributed by atoms with van der Waals surface area (Å²) >= 11 is 0. The molecule has 0 radical (unpaired) electrons. The van der Waals surface area contributed by atoms with Gasteiger partial charge in [0.15, 0.2) is 0 Å². The monoisotopic (exact) mass is 528 g/mol. The topological polar surface area (TPSA) is 61.5 Å². The highest BCUT2D eigenvalue weighted by atomic mass is 19.4. The number of rotatable bonds is 11. The maximum Gasteiger partial charge on any atom is 0.416 e. The Morgan fingerprint density at radius 1 is 1.08 bits per heavy atom. The lowest BCUT2D eigenvalue weighted by Crippen LogP contribution is -2.45. The molecular weight excluding hydrogens is 493 g/mol. The summed E-state index contributed by atoms with van der Waals surface area (Å²) in [5.41, 5.74) is 2.19. The van der Waals surface area contributed by atoms with Crippen LogP contribution in [0.25, 0.3) is 0 Å². The number of hydrogen-bond donors (Lipinski definition) is 0. The molecule has 0 aliphatic heterocycles. The van der Waals surface area contributed by atoms with Crippen LogP contribution >= 0.6 is 0 Å². The molecule has 1 fully saturated rings. The second kappa shape index (κ2) is 12.6. The molecule has 1 heterocycles. The highest BCUT2D eigenvalue weighted by Gasteiger charge is 2.44. The van der Waals surface area contributed by atoms with Gasteiger partial charge >= 0.3 is 6.18 Å². The lowest BCUT2D eigenvalue weighted by molar-refractivity contribution is -0.137. The first-order valence-corrected chi connectivity index (χ1v) is 13.0. The van der Waals surface area contributed by atoms with Crippen molar-refractivity contribution < 1.29 is 22.7 Å². The zero-order valence-corrected chi connectivity index (χ0v) is 21.9. The molecule has 2 aromatic carbocycles. The number of nitrogens with zero attached hydrogens (tertiary/aromatic N) is 4. The molecule has 0 bridgehead atoms. The van der Waals surface area contributed by atoms with E-state index in [0.29, 0.717) is 26.2 Å². The van der Waals surface area contributed by atoms with Gasteiger partial charge in [0.05, 0.1) is 24.4 Å². The highest BCUT2D eigenvalue weighted by Crippen LogP contribution is 2.45. The molecule has 1 aromatic heterocycles. The zero-order valence-electron chi connectivity index (χ0n) is 21.9. The fourth-order valence-electron chi connectivity index (χ4n) is 5.42. The average molecular weight is 529 g/mol. The smallest absolute Gasteiger partial charge is 0.399 e. The molecule has 204 valence electrons. The number of hydrogen-bond acceptors (Lipinski definition) is 5. The van der Waals surface area contributed by atoms with Gasteiger partial charge in [0.2, 0.25) is 0 Å². The van der Waals surface area contributed by atoms with Crippen LogP contribution in [0.3, 0.4) is 0 Å². The van der Waals surface area contributed by atoms with Crippen LogP contribution in [0.2, 0.25) is 0 Å². The molecule has 0 N–H and O–H groups in total. The fourth-order valence-corrected chi connectivity index (χ4v) is 5.42. The number of halogens is 3. The Bertz CT molecular complexity index is 1150. The Morgan fingerprint density at radius 3 is 2.50 bits per heavy atom. The van der Waals surface area contributed by atoms with E-state index < -0.39 is 11.7 Å². The van der Waals surface area contributed by atoms with Crippen molar-refractivity contribution in [3.05, 3.63) is 83.9 Å². The molecule has 1 saturated carbocycles. The Kier molecular flexibility index (Phi) is 9.20. The number of oxime groups is 1. The van der Waals surface area contributed by atoms with E-state index in [1.807, 2.05) is 22.9 Å². The van der Waals surface area contributed by atoms with Crippen molar-refractivity contribution in [3.8, 4) is 0 Å². The summed E-state index contributed by atoms with van der Waals surface area (Å²) in [4.78, 5) is 9.45. The van der Waals surface area contributed by atoms with Crippen LogP contribution in [0.15, 0.2) is 72.4 Å². The molecule has 0 spiro atoms. The first kappa shape index (κ1) is 27.8. The molecular formula is C29H35F3N4O2. The quantitative estimate of drug-likeness (QED) is 0.209. The van der Waals surface area contributed by atoms with Crippen molar-refractivity contribution in [3.63, 3.8) is 0 Å². The first-order valence-electron chi connectivity index (χ1n) is 13.0. The third-order valence-electron chi connectivity index (χ3n) is 7.64. The molecule has 0 unspecified atom stereocenters. The van der Waals surface area contributed by atoms with Crippen LogP contribution in [0.5, 0.6) is 0 Å². The molecule has 4 rings (SSSR count). The van der Waals surface area contributed by atoms with Crippen LogP contribution in [0, 0.1) is 17.3 Å². The highest BCUT2D eigenvalue weighted by molar-refractivity contribution is 5.92. The van der Waals surface area contributed by atoms with Gasteiger partial charge in [0, 0.05) is 17.9 Å². The van der Waals surface area contributed by atoms with Crippen molar-refractivity contribution in [2.24, 2.45) is 22.4 Å². The molecule has 38 heavy (non-hydrogen) atoms. The van der Waals surface area contributed by atoms with E-state index in [4.69, 9.17) is 9.57 Å². The van der Waals surface area contributed by atoms with Crippen molar-refractivity contribution in [1.82, 2.24) is 14.8 Å². The van der Waals surface area contributed by atoms with E-state index in [2.05, 4.69) is 34.3 Å². The lowest BCUT2D eigenvalue weighted by Gasteiger charge is -2.44. The number of benzene rings is 2. The van der Waals surface area contributed by atoms with E-state index in [1.54, 1.807) is 25.6 Å². The minimum atomic E-state index is -4.33. The molecule has 9 heteroatoms. The molecule has 0 saturated heterocycles. The first-order chi connectivity index (χ1) is 18.3. The molecule has 6 nitrogen and oxygen atoms in total. The van der Waals surface area contributed by atoms with Gasteiger partial charge in [-0.15, -0.1) is 0 Å². The minimum absolute atomic E-state index is 0.0546. The summed E-state index contributed by atoms with van der Waals surface area (Å²) in [5.74, 6) is 0.327. The van der Waals surface area contributed by atoms with Gasteiger partial charge in [0.25, 0.3) is 0 Å². The molecule has 0 amide bonds. The Morgan fingerprint density at radius 2 is 1.84 bits per heavy atom. The maximum absolute atomic E-state index is 13.0. The van der Waals surface area contributed by atoms with E-state index in [9.17, 15) is 13.2 Å². The SMILES string of the molecule is CON=C1[C@@H](Cn2cncn2)[C@H](CCc2ccc(C(F)(F)F)cc2)CC[C@@]1(C)CCOCc1ccccc1. The predicted molar refractivity (Wildman–Crippen MR) is 139 cm³/mol. The van der Waals surface area contributed by atoms with Gasteiger partial charge < -0.3 is 9.57 Å². The van der Waals surface area contributed by atoms with Gasteiger partial charge in [-0.3, -0.25) is 4.68 Å². The lowest BCUT2D eigenvalue weighted by atomic mass is 9.62. The van der Waals surface area contributed by atoms with Crippen molar-refractivity contribution in [2.45, 2.75) is 58.4 Å². The largest absolute Gasteiger partial charge is 0.416 e. The van der Waals surface area contributed by atoms with Gasteiger partial charge in [-0.25, -0.2) is 4.98 Å². The predicted octanol–water partition coefficient (Wildman–Crippen LogP) is 6.57. The second-order valence-electron chi connectivity index (χ2n) is 10.3. The molecule has 1 aliphatic carbocycles. The van der Waals surface area contributed by atoms with E-state index in [1.165, 1.54) is 6.33 Å². The summed E-state index contributed by atoms with van der Waals surface area (Å²) in [6.45, 7) is 3.99. The summed E-state index contributed by atoms with van der Waals surface area (Å²) in [6, 6.07) is 15.6. The van der Waals surface area contributed by atoms with Gasteiger partial charge in [-0.1, -0.05) is 54.5 Å². The van der Waals surface area contributed by atoms with Gasteiger partial charge in [0.1, 0.15) is 19.8 Å². The third-order valence-corrected chi connectivity index (χ3v) is 7.64. The maximum atomic E-state index is 13.0. The normalized spacial score (nSPS) is 23.0. The second-order valence-corrected chi connectivity index (χ2v) is 10.3. The van der Waals surface area contributed by atoms with Gasteiger partial charge in [-0.2, -0.15) is 18.3 Å². The average Bonchev–Trinajstić information content (AvgIpc) is 3.42. The number of aryl methyl sites for hydroxylation is 1. The Balaban J connectivity index is 1.46. The van der Waals surface area contributed by atoms with Crippen LogP contribution in [-0.2, 0) is 35.3 Å². The fraction of sp³-hybridized carbons (Fsp3) is 0.483. The third kappa shape index (κ3) is 7.22. The van der Waals surface area contributed by atoms with E-state index in [-0.39, 0.29) is 17.3 Å². The summed E-state index contributed by atoms with van der Waals surface area (Å²) < 4.78 is 46.7. The van der Waals surface area contributed by atoms with Crippen molar-refractivity contribution >= 4 is 5.71 Å². The van der Waals surface area contributed by atoms with Crippen LogP contribution in [0.4, 0.5) is 13.2 Å². The summed E-state index contributed by atoms with van der Waals surface area (Å²) in [5, 5.41) is 8.88. The number of aromatic nitrogens is 3. The standard InChI is InChI=1S/C29H35F3N4O2/c1-28(16-17-38-19-23-6-4-3-5-7-23)15-14-24(11-8-22-9-12-25(13-10-22)29(30,31)32)26(27(28)35-37-2)18-36-21-33-20-34-36/h3-7,9-10,12-13,20-21,24,26H,8,11,14-19H2,1-2H3/t24-,26+,28+/m1/s1. The van der Waals surface area contributed by atoms with Gasteiger partial charge in [-0.05, 0) is 61.3 Å². The van der Waals surface area contributed by atoms with Crippen LogP contribution in [0.1, 0.15) is 49.3 Å². The van der Waals surface area contributed by atoms with Crippen LogP contribution in [-0.4, -0.2) is 34.2 Å². The molecule has 3 atom stereocenters. The molecule has 1 aliphatic rings.